The number of anilines is 1. The van der Waals surface area contributed by atoms with Gasteiger partial charge in [-0.1, -0.05) is 0 Å². The summed E-state index contributed by atoms with van der Waals surface area (Å²) in [5.41, 5.74) is 8.88. The summed E-state index contributed by atoms with van der Waals surface area (Å²) in [6, 6.07) is 0. The number of nitrogens with one attached hydrogen (secondary N) is 1. The Hall–Kier alpha value is -2.19. The second-order valence-electron chi connectivity index (χ2n) is 4.48. The number of H-pyrrole nitrogens is 1. The van der Waals surface area contributed by atoms with Crippen LogP contribution in [0.25, 0.3) is 10.2 Å². The number of nitrogens with zero attached hydrogens (tertiary/aromatic N) is 1. The van der Waals surface area contributed by atoms with Crippen LogP contribution in [0.3, 0.4) is 0 Å². The van der Waals surface area contributed by atoms with Gasteiger partial charge < -0.3 is 15.5 Å². The van der Waals surface area contributed by atoms with Crippen molar-refractivity contribution in [1.82, 2.24) is 9.97 Å². The molecule has 0 aromatic carbocycles. The van der Waals surface area contributed by atoms with Gasteiger partial charge in [0.25, 0.3) is 5.56 Å². The van der Waals surface area contributed by atoms with Gasteiger partial charge in [0.2, 0.25) is 0 Å². The van der Waals surface area contributed by atoms with Crippen LogP contribution >= 0.6 is 22.7 Å². The Morgan fingerprint density at radius 1 is 1.27 bits per heavy atom. The van der Waals surface area contributed by atoms with Gasteiger partial charge in [0, 0.05) is 0 Å². The molecule has 116 valence electrons. The number of hydrogen-bond acceptors (Lipinski definition) is 7. The summed E-state index contributed by atoms with van der Waals surface area (Å²) in [7, 11) is 1.34. The standard InChI is InChI=1S/C7H6N2OS.C7H9NO2S/c1-4-2-11-6-5(4)8-3-9-7(6)10;1-4-3-11-6(5(4)8)7(9)10-2/h2-3H,1H3,(H,8,9,10);3H,8H2,1-2H3. The number of carbonyl (C=O) groups is 1. The van der Waals surface area contributed by atoms with E-state index in [-0.39, 0.29) is 11.5 Å². The van der Waals surface area contributed by atoms with Crippen LogP contribution in [-0.4, -0.2) is 23.0 Å². The van der Waals surface area contributed by atoms with Crippen LogP contribution in [-0.2, 0) is 4.74 Å². The second-order valence-corrected chi connectivity index (χ2v) is 6.24. The first-order valence-corrected chi connectivity index (χ1v) is 8.05. The van der Waals surface area contributed by atoms with Crippen molar-refractivity contribution in [3.63, 3.8) is 0 Å². The van der Waals surface area contributed by atoms with Crippen molar-refractivity contribution in [3.05, 3.63) is 43.4 Å². The maximum Gasteiger partial charge on any atom is 0.350 e. The fourth-order valence-electron chi connectivity index (χ4n) is 1.68. The van der Waals surface area contributed by atoms with Crippen LogP contribution in [0, 0.1) is 13.8 Å². The SMILES string of the molecule is COC(=O)c1scc(C)c1N.Cc1csc2c(=O)[nH]cnc12. The van der Waals surface area contributed by atoms with E-state index in [1.807, 2.05) is 24.6 Å². The Balaban J connectivity index is 0.000000160. The highest BCUT2D eigenvalue weighted by molar-refractivity contribution is 7.17. The molecule has 0 radical (unpaired) electrons. The Bertz CT molecular complexity index is 864. The number of aromatic nitrogens is 2. The zero-order chi connectivity index (χ0) is 16.3. The van der Waals surface area contributed by atoms with Gasteiger partial charge in [0.05, 0.1) is 24.6 Å². The quantitative estimate of drug-likeness (QED) is 0.665. The number of thiophene rings is 2. The summed E-state index contributed by atoms with van der Waals surface area (Å²) in [6.07, 6.45) is 1.43. The van der Waals surface area contributed by atoms with E-state index in [0.29, 0.717) is 15.3 Å². The molecule has 22 heavy (non-hydrogen) atoms. The summed E-state index contributed by atoms with van der Waals surface area (Å²) in [4.78, 5) is 29.1. The van der Waals surface area contributed by atoms with Crippen LogP contribution < -0.4 is 11.3 Å². The molecule has 0 aliphatic rings. The van der Waals surface area contributed by atoms with Crippen LogP contribution in [0.5, 0.6) is 0 Å². The van der Waals surface area contributed by atoms with Crippen molar-refractivity contribution in [2.45, 2.75) is 13.8 Å². The minimum absolute atomic E-state index is 0.0481. The van der Waals surface area contributed by atoms with Crippen LogP contribution in [0.4, 0.5) is 5.69 Å². The van der Waals surface area contributed by atoms with Crippen molar-refractivity contribution in [2.75, 3.05) is 12.8 Å². The van der Waals surface area contributed by atoms with E-state index >= 15 is 0 Å². The van der Waals surface area contributed by atoms with Gasteiger partial charge in [0.15, 0.2) is 0 Å². The number of aromatic amines is 1. The number of nitrogen functional groups attached to an aromatic ring is 1. The number of esters is 1. The number of nitrogens with two attached hydrogens (primary N) is 1. The number of ether oxygens (including phenoxy) is 1. The molecule has 0 atom stereocenters. The zero-order valence-electron chi connectivity index (χ0n) is 12.3. The van der Waals surface area contributed by atoms with Gasteiger partial charge in [-0.25, -0.2) is 9.78 Å². The lowest BCUT2D eigenvalue weighted by atomic mass is 10.3. The van der Waals surface area contributed by atoms with E-state index < -0.39 is 0 Å². The third-order valence-electron chi connectivity index (χ3n) is 2.93. The molecule has 0 spiro atoms. The van der Waals surface area contributed by atoms with E-state index in [0.717, 1.165) is 16.6 Å². The minimum atomic E-state index is -0.361. The third-order valence-corrected chi connectivity index (χ3v) is 5.11. The zero-order valence-corrected chi connectivity index (χ0v) is 13.9. The summed E-state index contributed by atoms with van der Waals surface area (Å²) < 4.78 is 5.23. The number of carbonyl (C=O) groups excluding carboxylic acids is 1. The van der Waals surface area contributed by atoms with Crippen LogP contribution in [0.2, 0.25) is 0 Å². The van der Waals surface area contributed by atoms with Crippen LogP contribution in [0.1, 0.15) is 20.8 Å². The molecule has 3 aromatic rings. The molecular weight excluding hydrogens is 322 g/mol. The molecule has 3 heterocycles. The monoisotopic (exact) mass is 337 g/mol. The van der Waals surface area contributed by atoms with E-state index in [4.69, 9.17) is 5.73 Å². The van der Waals surface area contributed by atoms with Crippen molar-refractivity contribution in [1.29, 1.82) is 0 Å². The molecule has 0 saturated heterocycles. The van der Waals surface area contributed by atoms with Gasteiger partial charge in [-0.2, -0.15) is 0 Å². The molecule has 0 saturated carbocycles. The number of rotatable bonds is 1. The minimum Gasteiger partial charge on any atom is -0.465 e. The van der Waals surface area contributed by atoms with Crippen molar-refractivity contribution >= 4 is 44.5 Å². The first kappa shape index (κ1) is 16.2. The smallest absolute Gasteiger partial charge is 0.350 e. The Kier molecular flexibility index (Phi) is 4.94. The lowest BCUT2D eigenvalue weighted by Gasteiger charge is -1.96. The van der Waals surface area contributed by atoms with Gasteiger partial charge in [-0.15, -0.1) is 22.7 Å². The fourth-order valence-corrected chi connectivity index (χ4v) is 3.47. The van der Waals surface area contributed by atoms with E-state index in [2.05, 4.69) is 14.7 Å². The molecule has 0 fully saturated rings. The van der Waals surface area contributed by atoms with Crippen LogP contribution in [0.15, 0.2) is 21.9 Å². The van der Waals surface area contributed by atoms with Gasteiger partial charge in [0.1, 0.15) is 9.58 Å². The maximum absolute atomic E-state index is 11.1. The normalized spacial score (nSPS) is 10.1. The maximum atomic E-state index is 11.1. The average Bonchev–Trinajstić information content (AvgIpc) is 3.05. The predicted molar refractivity (Wildman–Crippen MR) is 89.8 cm³/mol. The van der Waals surface area contributed by atoms with Crippen molar-refractivity contribution in [3.8, 4) is 0 Å². The van der Waals surface area contributed by atoms with E-state index in [1.165, 1.54) is 36.1 Å². The first-order chi connectivity index (χ1) is 10.5. The molecule has 3 aromatic heterocycles. The largest absolute Gasteiger partial charge is 0.465 e. The van der Waals surface area contributed by atoms with E-state index in [1.54, 1.807) is 0 Å². The molecular formula is C14H15N3O3S2. The van der Waals surface area contributed by atoms with Crippen molar-refractivity contribution < 1.29 is 9.53 Å². The highest BCUT2D eigenvalue weighted by atomic mass is 32.1. The van der Waals surface area contributed by atoms with Gasteiger partial charge in [-0.3, -0.25) is 4.79 Å². The molecule has 8 heteroatoms. The molecule has 3 rings (SSSR count). The number of methoxy groups -OCH3 is 1. The summed E-state index contributed by atoms with van der Waals surface area (Å²) in [6.45, 7) is 3.81. The molecule has 6 nitrogen and oxygen atoms in total. The van der Waals surface area contributed by atoms with Crippen molar-refractivity contribution in [2.24, 2.45) is 0 Å². The summed E-state index contributed by atoms with van der Waals surface area (Å²) in [5, 5.41) is 3.77. The molecule has 0 aliphatic heterocycles. The number of hydrogen-bond donors (Lipinski definition) is 2. The number of fused-ring (bicyclic) bond motifs is 1. The first-order valence-electron chi connectivity index (χ1n) is 6.29. The van der Waals surface area contributed by atoms with E-state index in [9.17, 15) is 9.59 Å². The fraction of sp³-hybridized carbons (Fsp3) is 0.214. The highest BCUT2D eigenvalue weighted by Crippen LogP contribution is 2.24. The summed E-state index contributed by atoms with van der Waals surface area (Å²) in [5.74, 6) is -0.361. The van der Waals surface area contributed by atoms with Gasteiger partial charge in [-0.05, 0) is 35.7 Å². The topological polar surface area (TPSA) is 98.1 Å². The summed E-state index contributed by atoms with van der Waals surface area (Å²) >= 11 is 2.74. The average molecular weight is 337 g/mol. The second kappa shape index (κ2) is 6.71. The lowest BCUT2D eigenvalue weighted by Crippen LogP contribution is -2.03. The molecule has 0 unspecified atom stereocenters. The molecule has 3 N–H and O–H groups in total. The third kappa shape index (κ3) is 3.18. The molecule has 0 bridgehead atoms. The lowest BCUT2D eigenvalue weighted by molar-refractivity contribution is 0.0607. The Morgan fingerprint density at radius 3 is 2.50 bits per heavy atom. The highest BCUT2D eigenvalue weighted by Gasteiger charge is 2.13. The Labute approximate surface area is 134 Å². The number of aryl methyl sites for hydroxylation is 2. The molecule has 0 amide bonds. The molecule has 0 aliphatic carbocycles. The predicted octanol–water partition coefficient (Wildman–Crippen LogP) is 2.72. The Morgan fingerprint density at radius 2 is 1.95 bits per heavy atom. The van der Waals surface area contributed by atoms with Gasteiger partial charge >= 0.3 is 5.97 Å².